The van der Waals surface area contributed by atoms with Gasteiger partial charge in [-0.3, -0.25) is 4.79 Å². The highest BCUT2D eigenvalue weighted by Gasteiger charge is 2.34. The lowest BCUT2D eigenvalue weighted by Gasteiger charge is -2.29. The van der Waals surface area contributed by atoms with E-state index in [0.717, 1.165) is 11.8 Å². The minimum atomic E-state index is -3.35. The van der Waals surface area contributed by atoms with Gasteiger partial charge in [0.1, 0.15) is 6.10 Å². The molecule has 2 atom stereocenters. The Hall–Kier alpha value is -2.69. The summed E-state index contributed by atoms with van der Waals surface area (Å²) in [5.74, 6) is 0.614. The number of hydrogen-bond acceptors (Lipinski definition) is 7. The van der Waals surface area contributed by atoms with Crippen molar-refractivity contribution in [1.82, 2.24) is 4.57 Å². The number of amides is 1. The fourth-order valence-corrected chi connectivity index (χ4v) is 5.14. The van der Waals surface area contributed by atoms with Gasteiger partial charge in [-0.2, -0.15) is 4.99 Å². The minimum Gasteiger partial charge on any atom is -0.482 e. The molecule has 2 unspecified atom stereocenters. The minimum absolute atomic E-state index is 0.215. The number of aromatic nitrogens is 1. The summed E-state index contributed by atoms with van der Waals surface area (Å²) in [6.07, 6.45) is -0.234. The zero-order valence-corrected chi connectivity index (χ0v) is 18.9. The van der Waals surface area contributed by atoms with Gasteiger partial charge in [0.2, 0.25) is 6.10 Å². The molecule has 0 saturated heterocycles. The Balaban J connectivity index is 1.75. The fraction of sp³-hybridized carbons (Fsp3) is 0.333. The van der Waals surface area contributed by atoms with Crippen LogP contribution in [-0.2, 0) is 25.9 Å². The largest absolute Gasteiger partial charge is 0.482 e. The van der Waals surface area contributed by atoms with Crippen LogP contribution in [0.2, 0.25) is 0 Å². The van der Waals surface area contributed by atoms with Gasteiger partial charge in [0, 0.05) is 19.9 Å². The highest BCUT2D eigenvalue weighted by molar-refractivity contribution is 7.90. The van der Waals surface area contributed by atoms with Crippen molar-refractivity contribution in [1.29, 1.82) is 0 Å². The molecule has 1 aliphatic heterocycles. The van der Waals surface area contributed by atoms with Crippen molar-refractivity contribution in [2.75, 3.05) is 20.0 Å². The molecule has 0 fully saturated rings. The molecule has 8 nitrogen and oxygen atoms in total. The lowest BCUT2D eigenvalue weighted by Crippen LogP contribution is -2.43. The standard InChI is InChI=1S/C21H22N2O6S2/c1-13-19(29-17-7-5-4-6-16(17)28-13)20(24)22-21-23(10-11-27-2)15-9-8-14(31(3,25)26)12-18(15)30-21/h4-9,12-13,19H,10-11H2,1-3H3. The van der Waals surface area contributed by atoms with E-state index in [1.54, 1.807) is 50.4 Å². The summed E-state index contributed by atoms with van der Waals surface area (Å²) in [6, 6.07) is 12.0. The average molecular weight is 463 g/mol. The maximum atomic E-state index is 13.0. The Morgan fingerprint density at radius 3 is 2.58 bits per heavy atom. The number of benzene rings is 2. The van der Waals surface area contributed by atoms with Crippen LogP contribution >= 0.6 is 11.3 Å². The maximum absolute atomic E-state index is 13.0. The molecular formula is C21H22N2O6S2. The van der Waals surface area contributed by atoms with E-state index in [1.165, 1.54) is 11.3 Å². The first kappa shape index (κ1) is 21.5. The Labute approximate surface area is 183 Å². The molecule has 2 aromatic carbocycles. The predicted octanol–water partition coefficient (Wildman–Crippen LogP) is 2.41. The van der Waals surface area contributed by atoms with Gasteiger partial charge >= 0.3 is 0 Å². The second-order valence-electron chi connectivity index (χ2n) is 7.19. The summed E-state index contributed by atoms with van der Waals surface area (Å²) in [4.78, 5) is 18.0. The van der Waals surface area contributed by atoms with Crippen molar-refractivity contribution in [3.05, 3.63) is 47.3 Å². The van der Waals surface area contributed by atoms with E-state index in [-0.39, 0.29) is 4.90 Å². The Morgan fingerprint density at radius 2 is 1.90 bits per heavy atom. The van der Waals surface area contributed by atoms with E-state index >= 15 is 0 Å². The second kappa shape index (κ2) is 8.45. The molecule has 1 aromatic heterocycles. The van der Waals surface area contributed by atoms with E-state index in [1.807, 2.05) is 10.6 Å². The first-order valence-electron chi connectivity index (χ1n) is 9.61. The van der Waals surface area contributed by atoms with Crippen LogP contribution in [0.25, 0.3) is 10.2 Å². The van der Waals surface area contributed by atoms with Gasteiger partial charge in [-0.1, -0.05) is 23.5 Å². The van der Waals surface area contributed by atoms with Crippen LogP contribution in [0.4, 0.5) is 0 Å². The summed E-state index contributed by atoms with van der Waals surface area (Å²) < 4.78 is 43.3. The Kier molecular flexibility index (Phi) is 5.87. The van der Waals surface area contributed by atoms with Crippen LogP contribution in [0.15, 0.2) is 52.4 Å². The van der Waals surface area contributed by atoms with Gasteiger partial charge in [0.05, 0.1) is 21.7 Å². The number of carbonyl (C=O) groups excluding carboxylic acids is 1. The SMILES string of the molecule is COCCn1c(=NC(=O)C2Oc3ccccc3OC2C)sc2cc(S(C)(=O)=O)ccc21. The van der Waals surface area contributed by atoms with Crippen LogP contribution in [-0.4, -0.2) is 51.1 Å². The van der Waals surface area contributed by atoms with E-state index in [0.29, 0.717) is 34.2 Å². The van der Waals surface area contributed by atoms with Crippen molar-refractivity contribution in [3.63, 3.8) is 0 Å². The molecule has 0 saturated carbocycles. The number of carbonyl (C=O) groups is 1. The number of rotatable bonds is 5. The van der Waals surface area contributed by atoms with Gasteiger partial charge in [-0.25, -0.2) is 8.42 Å². The van der Waals surface area contributed by atoms with Crippen LogP contribution in [0.3, 0.4) is 0 Å². The molecule has 31 heavy (non-hydrogen) atoms. The summed E-state index contributed by atoms with van der Waals surface area (Å²) in [6.45, 7) is 2.63. The smallest absolute Gasteiger partial charge is 0.293 e. The summed E-state index contributed by atoms with van der Waals surface area (Å²) in [5, 5.41) is 0. The molecule has 3 aromatic rings. The summed E-state index contributed by atoms with van der Waals surface area (Å²) in [5.41, 5.74) is 0.778. The monoisotopic (exact) mass is 462 g/mol. The third-order valence-electron chi connectivity index (χ3n) is 4.89. The number of fused-ring (bicyclic) bond motifs is 2. The number of thiazole rings is 1. The molecule has 0 N–H and O–H groups in total. The molecular weight excluding hydrogens is 440 g/mol. The molecule has 0 aliphatic carbocycles. The van der Waals surface area contributed by atoms with Crippen molar-refractivity contribution in [2.24, 2.45) is 4.99 Å². The summed E-state index contributed by atoms with van der Waals surface area (Å²) in [7, 11) is -1.76. The van der Waals surface area contributed by atoms with Crippen LogP contribution < -0.4 is 14.3 Å². The third kappa shape index (κ3) is 4.36. The van der Waals surface area contributed by atoms with Gasteiger partial charge in [0.15, 0.2) is 26.1 Å². The van der Waals surface area contributed by atoms with Gasteiger partial charge in [0.25, 0.3) is 5.91 Å². The molecule has 1 amide bonds. The van der Waals surface area contributed by atoms with E-state index in [9.17, 15) is 13.2 Å². The number of methoxy groups -OCH3 is 1. The summed E-state index contributed by atoms with van der Waals surface area (Å²) >= 11 is 1.24. The van der Waals surface area contributed by atoms with Gasteiger partial charge in [-0.05, 0) is 37.3 Å². The molecule has 0 radical (unpaired) electrons. The lowest BCUT2D eigenvalue weighted by molar-refractivity contribution is -0.130. The molecule has 0 bridgehead atoms. The number of sulfone groups is 1. The zero-order valence-electron chi connectivity index (χ0n) is 17.3. The molecule has 1 aliphatic rings. The predicted molar refractivity (Wildman–Crippen MR) is 116 cm³/mol. The third-order valence-corrected chi connectivity index (χ3v) is 7.04. The Morgan fingerprint density at radius 1 is 1.19 bits per heavy atom. The molecule has 2 heterocycles. The number of hydrogen-bond donors (Lipinski definition) is 0. The van der Waals surface area contributed by atoms with Crippen molar-refractivity contribution in [2.45, 2.75) is 30.6 Å². The molecule has 0 spiro atoms. The first-order valence-corrected chi connectivity index (χ1v) is 12.3. The van der Waals surface area contributed by atoms with E-state index in [4.69, 9.17) is 14.2 Å². The molecule has 164 valence electrons. The first-order chi connectivity index (χ1) is 14.8. The van der Waals surface area contributed by atoms with Crippen LogP contribution in [0, 0.1) is 0 Å². The molecule has 4 rings (SSSR count). The van der Waals surface area contributed by atoms with Gasteiger partial charge in [-0.15, -0.1) is 0 Å². The topological polar surface area (TPSA) is 96.2 Å². The number of nitrogens with zero attached hydrogens (tertiary/aromatic N) is 2. The normalized spacial score (nSPS) is 19.0. The Bertz CT molecular complexity index is 1310. The van der Waals surface area contributed by atoms with Crippen molar-refractivity contribution < 1.29 is 27.4 Å². The van der Waals surface area contributed by atoms with E-state index in [2.05, 4.69) is 4.99 Å². The number of ether oxygens (including phenoxy) is 3. The van der Waals surface area contributed by atoms with Crippen LogP contribution in [0.1, 0.15) is 6.92 Å². The van der Waals surface area contributed by atoms with Crippen LogP contribution in [0.5, 0.6) is 11.5 Å². The highest BCUT2D eigenvalue weighted by atomic mass is 32.2. The van der Waals surface area contributed by atoms with Gasteiger partial charge < -0.3 is 18.8 Å². The lowest BCUT2D eigenvalue weighted by atomic mass is 10.1. The van der Waals surface area contributed by atoms with Crippen molar-refractivity contribution >= 4 is 37.3 Å². The fourth-order valence-electron chi connectivity index (χ4n) is 3.32. The maximum Gasteiger partial charge on any atom is 0.293 e. The highest BCUT2D eigenvalue weighted by Crippen LogP contribution is 2.33. The quantitative estimate of drug-likeness (QED) is 0.578. The average Bonchev–Trinajstić information content (AvgIpc) is 3.07. The zero-order chi connectivity index (χ0) is 22.2. The second-order valence-corrected chi connectivity index (χ2v) is 10.2. The number of para-hydroxylation sites is 2. The van der Waals surface area contributed by atoms with Crippen molar-refractivity contribution in [3.8, 4) is 11.5 Å². The molecule has 10 heteroatoms. The van der Waals surface area contributed by atoms with E-state index < -0.39 is 28.0 Å².